The summed E-state index contributed by atoms with van der Waals surface area (Å²) in [6, 6.07) is 14.9. The van der Waals surface area contributed by atoms with Crippen molar-refractivity contribution >= 4 is 11.6 Å². The lowest BCUT2D eigenvalue weighted by Gasteiger charge is -2.23. The summed E-state index contributed by atoms with van der Waals surface area (Å²) in [7, 11) is 0. The second-order valence-corrected chi connectivity index (χ2v) is 8.11. The third-order valence-corrected chi connectivity index (χ3v) is 5.86. The number of nitrogens with one attached hydrogen (secondary N) is 1. The molecule has 1 aliphatic carbocycles. The standard InChI is InChI=1S/C25H27N3O2/c1-16-13-14-17(2)22(15-16)23-20-11-7-8-12-21(20)25(30)28(27-23)18(3)24(29)26-19-9-5-4-6-10-19/h4-6,9-10,13-15,18H,7-8,11-12H2,1-3H3,(H,26,29). The first kappa shape index (κ1) is 20.1. The molecule has 0 bridgehead atoms. The number of nitrogens with zero attached hydrogens (tertiary/aromatic N) is 2. The SMILES string of the molecule is Cc1ccc(C)c(-c2nn(C(C)C(=O)Nc3ccccc3)c(=O)c3c2CCCC3)c1. The topological polar surface area (TPSA) is 64.0 Å². The second-order valence-electron chi connectivity index (χ2n) is 8.11. The van der Waals surface area contributed by atoms with Gasteiger partial charge in [0.05, 0.1) is 5.69 Å². The predicted molar refractivity (Wildman–Crippen MR) is 120 cm³/mol. The van der Waals surface area contributed by atoms with E-state index in [9.17, 15) is 9.59 Å². The van der Waals surface area contributed by atoms with Gasteiger partial charge >= 0.3 is 0 Å². The number of rotatable bonds is 4. The van der Waals surface area contributed by atoms with Gasteiger partial charge in [0.2, 0.25) is 5.91 Å². The van der Waals surface area contributed by atoms with E-state index in [1.165, 1.54) is 4.68 Å². The van der Waals surface area contributed by atoms with Crippen molar-refractivity contribution in [2.45, 2.75) is 52.5 Å². The van der Waals surface area contributed by atoms with Crippen LogP contribution in [-0.2, 0) is 17.6 Å². The number of fused-ring (bicyclic) bond motifs is 1. The third kappa shape index (κ3) is 3.80. The van der Waals surface area contributed by atoms with Gasteiger partial charge in [-0.25, -0.2) is 4.68 Å². The lowest BCUT2D eigenvalue weighted by Crippen LogP contribution is -2.37. The maximum absolute atomic E-state index is 13.3. The number of hydrogen-bond acceptors (Lipinski definition) is 3. The second kappa shape index (κ2) is 8.27. The van der Waals surface area contributed by atoms with Gasteiger partial charge in [0.1, 0.15) is 6.04 Å². The highest BCUT2D eigenvalue weighted by atomic mass is 16.2. The molecule has 1 heterocycles. The van der Waals surface area contributed by atoms with Crippen LogP contribution in [0.15, 0.2) is 53.3 Å². The maximum Gasteiger partial charge on any atom is 0.271 e. The fourth-order valence-electron chi connectivity index (χ4n) is 4.10. The summed E-state index contributed by atoms with van der Waals surface area (Å²) >= 11 is 0. The minimum Gasteiger partial charge on any atom is -0.324 e. The van der Waals surface area contributed by atoms with Crippen molar-refractivity contribution in [3.63, 3.8) is 0 Å². The van der Waals surface area contributed by atoms with Crippen molar-refractivity contribution in [2.24, 2.45) is 0 Å². The first-order valence-electron chi connectivity index (χ1n) is 10.5. The number of hydrogen-bond donors (Lipinski definition) is 1. The fraction of sp³-hybridized carbons (Fsp3) is 0.320. The summed E-state index contributed by atoms with van der Waals surface area (Å²) in [5.74, 6) is -0.251. The minimum absolute atomic E-state index is 0.144. The summed E-state index contributed by atoms with van der Waals surface area (Å²) in [5.41, 5.74) is 6.56. The smallest absolute Gasteiger partial charge is 0.271 e. The molecule has 5 nitrogen and oxygen atoms in total. The van der Waals surface area contributed by atoms with E-state index in [0.717, 1.165) is 59.2 Å². The monoisotopic (exact) mass is 401 g/mol. The predicted octanol–water partition coefficient (Wildman–Crippen LogP) is 4.61. The number of amides is 1. The minimum atomic E-state index is -0.714. The number of para-hydroxylation sites is 1. The molecule has 0 spiro atoms. The van der Waals surface area contributed by atoms with Gasteiger partial charge in [0.25, 0.3) is 5.56 Å². The molecule has 1 atom stereocenters. The zero-order valence-corrected chi connectivity index (χ0v) is 17.7. The van der Waals surface area contributed by atoms with E-state index in [4.69, 9.17) is 5.10 Å². The molecular formula is C25H27N3O2. The summed E-state index contributed by atoms with van der Waals surface area (Å²) < 4.78 is 1.37. The van der Waals surface area contributed by atoms with E-state index < -0.39 is 6.04 Å². The van der Waals surface area contributed by atoms with Crippen LogP contribution in [0.25, 0.3) is 11.3 Å². The van der Waals surface area contributed by atoms with E-state index >= 15 is 0 Å². The highest BCUT2D eigenvalue weighted by Gasteiger charge is 2.26. The molecule has 2 aromatic carbocycles. The van der Waals surface area contributed by atoms with Crippen LogP contribution in [0.3, 0.4) is 0 Å². The fourth-order valence-corrected chi connectivity index (χ4v) is 4.10. The van der Waals surface area contributed by atoms with Crippen LogP contribution in [0.1, 0.15) is 48.1 Å². The zero-order chi connectivity index (χ0) is 21.3. The number of carbonyl (C=O) groups is 1. The van der Waals surface area contributed by atoms with Crippen molar-refractivity contribution in [1.29, 1.82) is 0 Å². The van der Waals surface area contributed by atoms with Crippen molar-refractivity contribution in [1.82, 2.24) is 9.78 Å². The van der Waals surface area contributed by atoms with E-state index in [0.29, 0.717) is 5.69 Å². The van der Waals surface area contributed by atoms with Crippen LogP contribution in [-0.4, -0.2) is 15.7 Å². The van der Waals surface area contributed by atoms with Gasteiger partial charge in [-0.1, -0.05) is 35.9 Å². The van der Waals surface area contributed by atoms with E-state index in [2.05, 4.69) is 37.4 Å². The number of aromatic nitrogens is 2. The average Bonchev–Trinajstić information content (AvgIpc) is 2.76. The Morgan fingerprint density at radius 1 is 1.03 bits per heavy atom. The molecule has 1 unspecified atom stereocenters. The van der Waals surface area contributed by atoms with Gasteiger partial charge in [-0.05, 0) is 75.8 Å². The molecule has 1 amide bonds. The van der Waals surface area contributed by atoms with Crippen molar-refractivity contribution in [3.8, 4) is 11.3 Å². The molecule has 4 rings (SSSR count). The Morgan fingerprint density at radius 3 is 2.47 bits per heavy atom. The van der Waals surface area contributed by atoms with E-state index in [1.807, 2.05) is 30.3 Å². The van der Waals surface area contributed by atoms with Crippen molar-refractivity contribution in [3.05, 3.63) is 81.1 Å². The number of benzene rings is 2. The van der Waals surface area contributed by atoms with Gasteiger partial charge in [0.15, 0.2) is 0 Å². The highest BCUT2D eigenvalue weighted by Crippen LogP contribution is 2.31. The quantitative estimate of drug-likeness (QED) is 0.695. The molecule has 0 saturated heterocycles. The Balaban J connectivity index is 1.81. The van der Waals surface area contributed by atoms with Crippen LogP contribution in [0.4, 0.5) is 5.69 Å². The Bertz CT molecular complexity index is 1150. The van der Waals surface area contributed by atoms with Crippen molar-refractivity contribution < 1.29 is 4.79 Å². The molecule has 0 saturated carbocycles. The van der Waals surface area contributed by atoms with Gasteiger partial charge in [-0.15, -0.1) is 0 Å². The molecule has 1 N–H and O–H groups in total. The Morgan fingerprint density at radius 2 is 1.73 bits per heavy atom. The lowest BCUT2D eigenvalue weighted by molar-refractivity contribution is -0.119. The summed E-state index contributed by atoms with van der Waals surface area (Å²) in [5, 5.41) is 7.65. The molecule has 3 aromatic rings. The van der Waals surface area contributed by atoms with E-state index in [1.54, 1.807) is 6.92 Å². The molecule has 5 heteroatoms. The first-order valence-corrected chi connectivity index (χ1v) is 10.5. The molecule has 0 radical (unpaired) electrons. The number of anilines is 1. The molecule has 1 aliphatic rings. The van der Waals surface area contributed by atoms with Gasteiger partial charge in [-0.3, -0.25) is 9.59 Å². The molecule has 1 aromatic heterocycles. The van der Waals surface area contributed by atoms with Crippen LogP contribution >= 0.6 is 0 Å². The van der Waals surface area contributed by atoms with Crippen LogP contribution in [0, 0.1) is 13.8 Å². The van der Waals surface area contributed by atoms with Crippen LogP contribution in [0.5, 0.6) is 0 Å². The molecular weight excluding hydrogens is 374 g/mol. The van der Waals surface area contributed by atoms with Gasteiger partial charge in [0, 0.05) is 16.8 Å². The Labute approximate surface area is 176 Å². The Hall–Kier alpha value is -3.21. The maximum atomic E-state index is 13.3. The van der Waals surface area contributed by atoms with Crippen molar-refractivity contribution in [2.75, 3.05) is 5.32 Å². The normalized spacial score (nSPS) is 14.1. The third-order valence-electron chi connectivity index (χ3n) is 5.86. The van der Waals surface area contributed by atoms with Gasteiger partial charge in [-0.2, -0.15) is 5.10 Å². The van der Waals surface area contributed by atoms with E-state index in [-0.39, 0.29) is 11.5 Å². The molecule has 154 valence electrons. The molecule has 30 heavy (non-hydrogen) atoms. The molecule has 0 fully saturated rings. The summed E-state index contributed by atoms with van der Waals surface area (Å²) in [4.78, 5) is 26.2. The molecule has 0 aliphatic heterocycles. The largest absolute Gasteiger partial charge is 0.324 e. The van der Waals surface area contributed by atoms with Crippen LogP contribution in [0.2, 0.25) is 0 Å². The summed E-state index contributed by atoms with van der Waals surface area (Å²) in [6.45, 7) is 5.85. The number of aryl methyl sites for hydroxylation is 2. The average molecular weight is 402 g/mol. The zero-order valence-electron chi connectivity index (χ0n) is 17.7. The first-order chi connectivity index (χ1) is 14.5. The highest BCUT2D eigenvalue weighted by molar-refractivity contribution is 5.93. The number of carbonyl (C=O) groups excluding carboxylic acids is 1. The summed E-state index contributed by atoms with van der Waals surface area (Å²) in [6.07, 6.45) is 3.64. The lowest BCUT2D eigenvalue weighted by atomic mass is 9.88. The van der Waals surface area contributed by atoms with Gasteiger partial charge < -0.3 is 5.32 Å². The van der Waals surface area contributed by atoms with Crippen LogP contribution < -0.4 is 10.9 Å². The Kier molecular flexibility index (Phi) is 5.53.